The van der Waals surface area contributed by atoms with Gasteiger partial charge >= 0.3 is 0 Å². The molecule has 0 saturated heterocycles. The molecule has 0 radical (unpaired) electrons. The summed E-state index contributed by atoms with van der Waals surface area (Å²) < 4.78 is 7.78. The van der Waals surface area contributed by atoms with Crippen molar-refractivity contribution in [3.63, 3.8) is 0 Å². The highest BCUT2D eigenvalue weighted by molar-refractivity contribution is 7.99. The second-order valence-electron chi connectivity index (χ2n) is 6.80. The largest absolute Gasteiger partial charge is 0.486 e. The van der Waals surface area contributed by atoms with Crippen LogP contribution in [0.5, 0.6) is 5.75 Å². The van der Waals surface area contributed by atoms with Gasteiger partial charge in [0.1, 0.15) is 12.4 Å². The number of anilines is 1. The van der Waals surface area contributed by atoms with Crippen LogP contribution in [0, 0.1) is 0 Å². The minimum absolute atomic E-state index is 0.170. The van der Waals surface area contributed by atoms with Crippen molar-refractivity contribution < 1.29 is 9.53 Å². The first kappa shape index (κ1) is 22.9. The van der Waals surface area contributed by atoms with Crippen molar-refractivity contribution in [1.29, 1.82) is 0 Å². The lowest BCUT2D eigenvalue weighted by atomic mass is 10.1. The van der Waals surface area contributed by atoms with Gasteiger partial charge in [-0.1, -0.05) is 67.0 Å². The molecule has 1 amide bonds. The lowest BCUT2D eigenvalue weighted by Crippen LogP contribution is -2.15. The molecule has 1 heterocycles. The van der Waals surface area contributed by atoms with Crippen LogP contribution < -0.4 is 10.1 Å². The number of para-hydroxylation sites is 1. The van der Waals surface area contributed by atoms with Crippen LogP contribution in [0.1, 0.15) is 24.7 Å². The molecule has 0 saturated carbocycles. The molecule has 1 N–H and O–H groups in total. The summed E-state index contributed by atoms with van der Waals surface area (Å²) >= 11 is 7.39. The van der Waals surface area contributed by atoms with Crippen LogP contribution in [-0.4, -0.2) is 26.4 Å². The minimum atomic E-state index is -0.170. The fourth-order valence-electron chi connectivity index (χ4n) is 2.91. The molecular formula is C23H25ClN4O2S. The van der Waals surface area contributed by atoms with Gasteiger partial charge in [0, 0.05) is 6.54 Å². The van der Waals surface area contributed by atoms with Crippen LogP contribution in [0.2, 0.25) is 5.02 Å². The molecular weight excluding hydrogens is 432 g/mol. The summed E-state index contributed by atoms with van der Waals surface area (Å²) in [6.07, 6.45) is 3.93. The molecule has 0 fully saturated rings. The van der Waals surface area contributed by atoms with Gasteiger partial charge in [0.15, 0.2) is 11.0 Å². The Balaban J connectivity index is 1.59. The topological polar surface area (TPSA) is 69.0 Å². The van der Waals surface area contributed by atoms with E-state index in [1.165, 1.54) is 17.3 Å². The third-order valence-electron chi connectivity index (χ3n) is 4.42. The lowest BCUT2D eigenvalue weighted by Gasteiger charge is -2.10. The summed E-state index contributed by atoms with van der Waals surface area (Å²) in [5, 5.41) is 12.4. The maximum Gasteiger partial charge on any atom is 0.234 e. The number of aryl methyl sites for hydroxylation is 1. The summed E-state index contributed by atoms with van der Waals surface area (Å²) in [5.41, 5.74) is 1.87. The maximum absolute atomic E-state index is 12.3. The smallest absolute Gasteiger partial charge is 0.234 e. The highest BCUT2D eigenvalue weighted by Gasteiger charge is 2.14. The Morgan fingerprint density at radius 2 is 2.00 bits per heavy atom. The second kappa shape index (κ2) is 11.6. The van der Waals surface area contributed by atoms with Crippen molar-refractivity contribution in [2.24, 2.45) is 0 Å². The van der Waals surface area contributed by atoms with E-state index in [1.54, 1.807) is 18.2 Å². The lowest BCUT2D eigenvalue weighted by molar-refractivity contribution is -0.113. The molecule has 6 nitrogen and oxygen atoms in total. The molecule has 0 spiro atoms. The van der Waals surface area contributed by atoms with Crippen molar-refractivity contribution in [3.05, 3.63) is 77.6 Å². The number of hydrogen-bond donors (Lipinski definition) is 1. The molecule has 0 aliphatic rings. The van der Waals surface area contributed by atoms with Gasteiger partial charge in [0.25, 0.3) is 0 Å². The molecule has 3 rings (SSSR count). The molecule has 8 heteroatoms. The Hall–Kier alpha value is -2.77. The molecule has 2 aromatic carbocycles. The molecule has 0 atom stereocenters. The Bertz CT molecular complexity index is 1020. The van der Waals surface area contributed by atoms with Crippen LogP contribution in [0.15, 0.2) is 66.3 Å². The Labute approximate surface area is 191 Å². The molecule has 1 aromatic heterocycles. The number of amides is 1. The monoisotopic (exact) mass is 456 g/mol. The number of nitrogens with one attached hydrogen (secondary N) is 1. The first-order valence-electron chi connectivity index (χ1n) is 10.0. The molecule has 31 heavy (non-hydrogen) atoms. The van der Waals surface area contributed by atoms with E-state index in [9.17, 15) is 4.79 Å². The van der Waals surface area contributed by atoms with Crippen molar-refractivity contribution in [3.8, 4) is 5.75 Å². The quantitative estimate of drug-likeness (QED) is 0.310. The van der Waals surface area contributed by atoms with E-state index in [0.717, 1.165) is 18.6 Å². The number of carbonyl (C=O) groups is 1. The number of rotatable bonds is 11. The molecule has 0 aliphatic carbocycles. The van der Waals surface area contributed by atoms with Gasteiger partial charge in [0.2, 0.25) is 5.91 Å². The molecule has 0 unspecified atom stereocenters. The van der Waals surface area contributed by atoms with Gasteiger partial charge in [-0.15, -0.1) is 16.8 Å². The molecule has 3 aromatic rings. The third-order valence-corrected chi connectivity index (χ3v) is 5.71. The number of nitrogens with zero attached hydrogens (tertiary/aromatic N) is 3. The fraction of sp³-hybridized carbons (Fsp3) is 0.261. The number of ether oxygens (including phenoxy) is 1. The van der Waals surface area contributed by atoms with E-state index >= 15 is 0 Å². The van der Waals surface area contributed by atoms with E-state index in [2.05, 4.69) is 41.1 Å². The Morgan fingerprint density at radius 3 is 2.71 bits per heavy atom. The summed E-state index contributed by atoms with van der Waals surface area (Å²) in [6, 6.07) is 15.2. The summed E-state index contributed by atoms with van der Waals surface area (Å²) in [7, 11) is 0. The predicted octanol–water partition coefficient (Wildman–Crippen LogP) is 5.38. The number of thioether (sulfide) groups is 1. The van der Waals surface area contributed by atoms with Crippen LogP contribution in [-0.2, 0) is 24.4 Å². The fourth-order valence-corrected chi connectivity index (χ4v) is 3.86. The van der Waals surface area contributed by atoms with Gasteiger partial charge in [-0.3, -0.25) is 9.36 Å². The van der Waals surface area contributed by atoms with Gasteiger partial charge in [-0.05, 0) is 36.2 Å². The zero-order valence-corrected chi connectivity index (χ0v) is 19.0. The first-order valence-corrected chi connectivity index (χ1v) is 11.4. The van der Waals surface area contributed by atoms with Crippen molar-refractivity contribution in [1.82, 2.24) is 14.8 Å². The Morgan fingerprint density at radius 1 is 1.23 bits per heavy atom. The maximum atomic E-state index is 12.3. The molecule has 0 aliphatic heterocycles. The van der Waals surface area contributed by atoms with Gasteiger partial charge in [-0.25, -0.2) is 0 Å². The van der Waals surface area contributed by atoms with E-state index in [0.29, 0.717) is 28.2 Å². The van der Waals surface area contributed by atoms with Crippen molar-refractivity contribution in [2.75, 3.05) is 11.1 Å². The molecule has 162 valence electrons. The predicted molar refractivity (Wildman–Crippen MR) is 126 cm³/mol. The second-order valence-corrected chi connectivity index (χ2v) is 8.15. The third kappa shape index (κ3) is 6.60. The van der Waals surface area contributed by atoms with E-state index in [-0.39, 0.29) is 18.3 Å². The summed E-state index contributed by atoms with van der Waals surface area (Å²) in [5.74, 6) is 1.46. The van der Waals surface area contributed by atoms with Gasteiger partial charge in [-0.2, -0.15) is 0 Å². The van der Waals surface area contributed by atoms with Crippen LogP contribution >= 0.6 is 23.4 Å². The highest BCUT2D eigenvalue weighted by atomic mass is 35.5. The van der Waals surface area contributed by atoms with Gasteiger partial charge < -0.3 is 10.1 Å². The van der Waals surface area contributed by atoms with Crippen LogP contribution in [0.25, 0.3) is 0 Å². The Kier molecular flexibility index (Phi) is 8.55. The average Bonchev–Trinajstić information content (AvgIpc) is 3.15. The van der Waals surface area contributed by atoms with Crippen LogP contribution in [0.3, 0.4) is 0 Å². The zero-order valence-electron chi connectivity index (χ0n) is 17.4. The zero-order chi connectivity index (χ0) is 22.1. The SMILES string of the molecule is C=CCn1c(COc2ccc(CCC)cc2)nnc1SCC(=O)Nc1ccccc1Cl. The number of benzene rings is 2. The number of carbonyl (C=O) groups excluding carboxylic acids is 1. The number of halogens is 1. The number of hydrogen-bond acceptors (Lipinski definition) is 5. The highest BCUT2D eigenvalue weighted by Crippen LogP contribution is 2.23. The minimum Gasteiger partial charge on any atom is -0.486 e. The standard InChI is InChI=1S/C23H25ClN4O2S/c1-3-7-17-10-12-18(13-11-17)30-15-21-26-27-23(28(21)14-4-2)31-16-22(29)25-20-9-6-5-8-19(20)24/h4-6,8-13H,2-3,7,14-16H2,1H3,(H,25,29). The first-order chi connectivity index (χ1) is 15.1. The summed E-state index contributed by atoms with van der Waals surface area (Å²) in [6.45, 7) is 6.76. The van der Waals surface area contributed by atoms with Crippen molar-refractivity contribution >= 4 is 35.0 Å². The normalized spacial score (nSPS) is 10.6. The van der Waals surface area contributed by atoms with Crippen molar-refractivity contribution in [2.45, 2.75) is 38.1 Å². The average molecular weight is 457 g/mol. The van der Waals surface area contributed by atoms with Gasteiger partial charge in [0.05, 0.1) is 16.5 Å². The number of aromatic nitrogens is 3. The number of allylic oxidation sites excluding steroid dienone is 1. The van der Waals surface area contributed by atoms with E-state index in [4.69, 9.17) is 16.3 Å². The molecule has 0 bridgehead atoms. The van der Waals surface area contributed by atoms with E-state index < -0.39 is 0 Å². The summed E-state index contributed by atoms with van der Waals surface area (Å²) in [4.78, 5) is 12.3. The van der Waals surface area contributed by atoms with Crippen LogP contribution in [0.4, 0.5) is 5.69 Å². The van der Waals surface area contributed by atoms with E-state index in [1.807, 2.05) is 28.8 Å².